The van der Waals surface area contributed by atoms with Crippen molar-refractivity contribution in [2.75, 3.05) is 13.2 Å². The molecule has 0 aromatic carbocycles. The fourth-order valence-corrected chi connectivity index (χ4v) is 2.65. The van der Waals surface area contributed by atoms with Gasteiger partial charge >= 0.3 is 13.8 Å². The topological polar surface area (TPSA) is 101 Å². The summed E-state index contributed by atoms with van der Waals surface area (Å²) in [6.45, 7) is 5.78. The zero-order valence-electron chi connectivity index (χ0n) is 14.9. The molecule has 0 aromatic rings. The number of carbonyl (C=O) groups is 1. The summed E-state index contributed by atoms with van der Waals surface area (Å²) in [6, 6.07) is 0. The van der Waals surface area contributed by atoms with Gasteiger partial charge in [0.05, 0.1) is 13.2 Å². The van der Waals surface area contributed by atoms with Crippen LogP contribution < -0.4 is 0 Å². The lowest BCUT2D eigenvalue weighted by atomic mass is 10.2. The molecule has 0 aliphatic heterocycles. The SMILES string of the molecule is CCCCCCOOP(=O)(OOCCCCCC)OC(C)C(=O)O. The molecule has 0 heterocycles. The van der Waals surface area contributed by atoms with E-state index in [0.29, 0.717) is 0 Å². The van der Waals surface area contributed by atoms with Crippen molar-refractivity contribution in [1.82, 2.24) is 0 Å². The Balaban J connectivity index is 4.23. The third-order valence-corrected chi connectivity index (χ3v) is 4.24. The van der Waals surface area contributed by atoms with E-state index in [0.717, 1.165) is 51.4 Å². The molecule has 9 heteroatoms. The summed E-state index contributed by atoms with van der Waals surface area (Å²) >= 11 is 0. The summed E-state index contributed by atoms with van der Waals surface area (Å²) in [5.41, 5.74) is 0. The van der Waals surface area contributed by atoms with E-state index < -0.39 is 19.9 Å². The summed E-state index contributed by atoms with van der Waals surface area (Å²) in [6.07, 6.45) is 6.23. The molecule has 1 N–H and O–H groups in total. The Morgan fingerprint density at radius 3 is 1.75 bits per heavy atom. The highest BCUT2D eigenvalue weighted by Gasteiger charge is 2.35. The average molecular weight is 370 g/mol. The van der Waals surface area contributed by atoms with Gasteiger partial charge in [0, 0.05) is 0 Å². The lowest BCUT2D eigenvalue weighted by molar-refractivity contribution is -0.284. The first kappa shape index (κ1) is 23.5. The van der Waals surface area contributed by atoms with Crippen LogP contribution in [0.2, 0.25) is 0 Å². The maximum Gasteiger partial charge on any atom is 0.530 e. The number of phosphoric acid groups is 1. The second-order valence-electron chi connectivity index (χ2n) is 5.45. The van der Waals surface area contributed by atoms with Crippen molar-refractivity contribution in [2.24, 2.45) is 0 Å². The van der Waals surface area contributed by atoms with Gasteiger partial charge in [-0.2, -0.15) is 0 Å². The maximum absolute atomic E-state index is 12.3. The van der Waals surface area contributed by atoms with Crippen molar-refractivity contribution in [2.45, 2.75) is 78.2 Å². The summed E-state index contributed by atoms with van der Waals surface area (Å²) in [4.78, 5) is 20.5. The van der Waals surface area contributed by atoms with E-state index in [-0.39, 0.29) is 13.2 Å². The van der Waals surface area contributed by atoms with Crippen LogP contribution in [0, 0.1) is 0 Å². The summed E-state index contributed by atoms with van der Waals surface area (Å²) in [7, 11) is -4.27. The highest BCUT2D eigenvalue weighted by Crippen LogP contribution is 2.51. The minimum Gasteiger partial charge on any atom is -0.479 e. The monoisotopic (exact) mass is 370 g/mol. The second-order valence-corrected chi connectivity index (χ2v) is 6.85. The van der Waals surface area contributed by atoms with Crippen LogP contribution in [0.1, 0.15) is 72.1 Å². The van der Waals surface area contributed by atoms with E-state index in [2.05, 4.69) is 23.2 Å². The number of unbranched alkanes of at least 4 members (excludes halogenated alkanes) is 6. The van der Waals surface area contributed by atoms with Gasteiger partial charge in [-0.15, -0.1) is 9.35 Å². The maximum atomic E-state index is 12.3. The van der Waals surface area contributed by atoms with Gasteiger partial charge in [-0.05, 0) is 19.8 Å². The Morgan fingerprint density at radius 1 is 0.917 bits per heavy atom. The smallest absolute Gasteiger partial charge is 0.479 e. The predicted octanol–water partition coefficient (Wildman–Crippen LogP) is 4.64. The van der Waals surface area contributed by atoms with Crippen molar-refractivity contribution >= 4 is 13.8 Å². The van der Waals surface area contributed by atoms with Gasteiger partial charge in [0.15, 0.2) is 6.10 Å². The molecule has 144 valence electrons. The lowest BCUT2D eigenvalue weighted by Gasteiger charge is -2.17. The largest absolute Gasteiger partial charge is 0.530 e. The number of carboxylic acid groups (broad SMARTS) is 1. The van der Waals surface area contributed by atoms with Gasteiger partial charge < -0.3 is 5.11 Å². The second kappa shape index (κ2) is 14.8. The van der Waals surface area contributed by atoms with Crippen LogP contribution in [-0.4, -0.2) is 30.4 Å². The Kier molecular flexibility index (Phi) is 14.5. The van der Waals surface area contributed by atoms with Crippen molar-refractivity contribution in [1.29, 1.82) is 0 Å². The average Bonchev–Trinajstić information content (AvgIpc) is 2.54. The first-order valence-corrected chi connectivity index (χ1v) is 10.0. The van der Waals surface area contributed by atoms with E-state index in [1.54, 1.807) is 0 Å². The number of hydrogen-bond acceptors (Lipinski definition) is 7. The molecule has 24 heavy (non-hydrogen) atoms. The molecule has 0 aliphatic carbocycles. The number of hydrogen-bond donors (Lipinski definition) is 1. The molecule has 0 rings (SSSR count). The predicted molar refractivity (Wildman–Crippen MR) is 88.1 cm³/mol. The zero-order valence-corrected chi connectivity index (χ0v) is 15.8. The quantitative estimate of drug-likeness (QED) is 0.171. The first-order chi connectivity index (χ1) is 11.4. The number of aliphatic carboxylic acids is 1. The van der Waals surface area contributed by atoms with Crippen molar-refractivity contribution in [3.63, 3.8) is 0 Å². The molecule has 0 bridgehead atoms. The van der Waals surface area contributed by atoms with E-state index in [1.165, 1.54) is 6.92 Å². The summed E-state index contributed by atoms with van der Waals surface area (Å²) < 4.78 is 26.5. The first-order valence-electron chi connectivity index (χ1n) is 8.58. The lowest BCUT2D eigenvalue weighted by Crippen LogP contribution is -2.20. The van der Waals surface area contributed by atoms with E-state index in [1.807, 2.05) is 0 Å². The fourth-order valence-electron chi connectivity index (χ4n) is 1.67. The minimum atomic E-state index is -4.27. The van der Waals surface area contributed by atoms with Crippen molar-refractivity contribution < 1.29 is 38.1 Å². The third-order valence-electron chi connectivity index (χ3n) is 3.09. The van der Waals surface area contributed by atoms with Crippen LogP contribution in [-0.2, 0) is 33.0 Å². The molecular formula is C15H31O8P. The van der Waals surface area contributed by atoms with Crippen LogP contribution >= 0.6 is 7.82 Å². The highest BCUT2D eigenvalue weighted by molar-refractivity contribution is 7.48. The highest BCUT2D eigenvalue weighted by atomic mass is 31.2. The van der Waals surface area contributed by atoms with Crippen LogP contribution in [0.3, 0.4) is 0 Å². The molecule has 0 aliphatic rings. The molecule has 0 spiro atoms. The molecule has 0 amide bonds. The minimum absolute atomic E-state index is 0.203. The van der Waals surface area contributed by atoms with Gasteiger partial charge in [-0.1, -0.05) is 52.4 Å². The Bertz CT molecular complexity index is 343. The molecule has 0 aromatic heterocycles. The summed E-state index contributed by atoms with van der Waals surface area (Å²) in [5.74, 6) is -1.30. The third kappa shape index (κ3) is 12.9. The molecule has 8 nitrogen and oxygen atoms in total. The van der Waals surface area contributed by atoms with Gasteiger partial charge in [-0.25, -0.2) is 19.1 Å². The van der Waals surface area contributed by atoms with E-state index in [9.17, 15) is 9.36 Å². The molecule has 0 fully saturated rings. The Morgan fingerprint density at radius 2 is 1.38 bits per heavy atom. The Hall–Kier alpha value is -0.500. The van der Waals surface area contributed by atoms with Crippen LogP contribution in [0.5, 0.6) is 0 Å². The van der Waals surface area contributed by atoms with Gasteiger partial charge in [-0.3, -0.25) is 4.52 Å². The molecule has 0 saturated carbocycles. The van der Waals surface area contributed by atoms with Gasteiger partial charge in [0.2, 0.25) is 0 Å². The standard InChI is InChI=1S/C15H31O8P/c1-4-6-8-10-12-19-22-24(18,21-14(3)15(16)17)23-20-13-11-9-7-5-2/h14H,4-13H2,1-3H3,(H,16,17). The van der Waals surface area contributed by atoms with Crippen LogP contribution in [0.15, 0.2) is 0 Å². The summed E-state index contributed by atoms with van der Waals surface area (Å²) in [5, 5.41) is 8.84. The normalized spacial score (nSPS) is 13.1. The van der Waals surface area contributed by atoms with Gasteiger partial charge in [0.1, 0.15) is 0 Å². The van der Waals surface area contributed by atoms with Crippen LogP contribution in [0.25, 0.3) is 0 Å². The zero-order chi connectivity index (χ0) is 18.3. The number of rotatable bonds is 17. The molecule has 1 unspecified atom stereocenters. The molecule has 1 atom stereocenters. The molecule has 0 radical (unpaired) electrons. The number of carboxylic acids is 1. The van der Waals surface area contributed by atoms with E-state index >= 15 is 0 Å². The van der Waals surface area contributed by atoms with E-state index in [4.69, 9.17) is 19.4 Å². The van der Waals surface area contributed by atoms with Gasteiger partial charge in [0.25, 0.3) is 0 Å². The Labute approximate surface area is 144 Å². The molecular weight excluding hydrogens is 339 g/mol. The van der Waals surface area contributed by atoms with Crippen LogP contribution in [0.4, 0.5) is 0 Å². The van der Waals surface area contributed by atoms with Crippen molar-refractivity contribution in [3.8, 4) is 0 Å². The molecule has 0 saturated heterocycles. The van der Waals surface area contributed by atoms with Crippen molar-refractivity contribution in [3.05, 3.63) is 0 Å². The fraction of sp³-hybridized carbons (Fsp3) is 0.933.